The lowest BCUT2D eigenvalue weighted by Gasteiger charge is -2.38. The van der Waals surface area contributed by atoms with Gasteiger partial charge in [-0.1, -0.05) is 26.0 Å². The minimum atomic E-state index is -0.930. The summed E-state index contributed by atoms with van der Waals surface area (Å²) >= 11 is 0. The maximum absolute atomic E-state index is 13.8. The third kappa shape index (κ3) is 5.98. The molecule has 0 amide bonds. The van der Waals surface area contributed by atoms with Gasteiger partial charge in [-0.2, -0.15) is 0 Å². The zero-order valence-corrected chi connectivity index (χ0v) is 22.0. The number of Topliss-reactive ketones (excluding diaryl/α,β-unsaturated/α-hetero) is 1. The molecule has 8 nitrogen and oxygen atoms in total. The fourth-order valence-electron chi connectivity index (χ4n) is 4.76. The number of carbonyl (C=O) groups excluding carboxylic acids is 3. The van der Waals surface area contributed by atoms with E-state index in [0.29, 0.717) is 35.6 Å². The molecule has 3 rings (SSSR count). The standard InChI is InChI=1S/C28H37NO7/c1-7-12-35-20-10-8-19(9-11-20)24-23(28(32)36-14-13-34-16(2)3)18(5)29-21-15-17(4)22(27(31)33-6)26(30)25(21)24/h8-11,16-17,22,24,29H,7,12-15H2,1-6H3/t17-,22-,24-/m0/s1. The molecule has 2 aliphatic rings. The fourth-order valence-corrected chi connectivity index (χ4v) is 4.76. The molecule has 1 aromatic carbocycles. The van der Waals surface area contributed by atoms with Gasteiger partial charge in [0.25, 0.3) is 0 Å². The molecule has 196 valence electrons. The number of hydrogen-bond acceptors (Lipinski definition) is 8. The van der Waals surface area contributed by atoms with Crippen molar-refractivity contribution in [1.29, 1.82) is 0 Å². The topological polar surface area (TPSA) is 100 Å². The molecular formula is C28H37NO7. The summed E-state index contributed by atoms with van der Waals surface area (Å²) in [6.45, 7) is 10.5. The third-order valence-corrected chi connectivity index (χ3v) is 6.42. The van der Waals surface area contributed by atoms with Crippen molar-refractivity contribution in [3.8, 4) is 5.75 Å². The highest BCUT2D eigenvalue weighted by Crippen LogP contribution is 2.45. The molecule has 1 heterocycles. The molecule has 3 atom stereocenters. The Morgan fingerprint density at radius 2 is 1.81 bits per heavy atom. The summed E-state index contributed by atoms with van der Waals surface area (Å²) in [7, 11) is 1.28. The quantitative estimate of drug-likeness (QED) is 0.292. The number of allylic oxidation sites excluding steroid dienone is 3. The van der Waals surface area contributed by atoms with Crippen molar-refractivity contribution in [3.63, 3.8) is 0 Å². The first-order valence-electron chi connectivity index (χ1n) is 12.5. The molecule has 0 radical (unpaired) electrons. The van der Waals surface area contributed by atoms with E-state index < -0.39 is 23.8 Å². The first-order valence-corrected chi connectivity index (χ1v) is 12.5. The summed E-state index contributed by atoms with van der Waals surface area (Å²) in [5.41, 5.74) is 2.83. The number of methoxy groups -OCH3 is 1. The number of dihydropyridines is 1. The average Bonchev–Trinajstić information content (AvgIpc) is 2.84. The summed E-state index contributed by atoms with van der Waals surface area (Å²) in [4.78, 5) is 39.6. The lowest BCUT2D eigenvalue weighted by atomic mass is 9.69. The van der Waals surface area contributed by atoms with Crippen LogP contribution in [0.5, 0.6) is 5.75 Å². The maximum Gasteiger partial charge on any atom is 0.336 e. The largest absolute Gasteiger partial charge is 0.494 e. The van der Waals surface area contributed by atoms with E-state index in [2.05, 4.69) is 5.32 Å². The Morgan fingerprint density at radius 3 is 2.42 bits per heavy atom. The second-order valence-electron chi connectivity index (χ2n) is 9.51. The zero-order valence-electron chi connectivity index (χ0n) is 22.0. The van der Waals surface area contributed by atoms with Crippen LogP contribution < -0.4 is 10.1 Å². The van der Waals surface area contributed by atoms with Crippen molar-refractivity contribution in [2.45, 2.75) is 59.5 Å². The van der Waals surface area contributed by atoms with Crippen LogP contribution in [0.4, 0.5) is 0 Å². The second kappa shape index (κ2) is 12.2. The number of benzene rings is 1. The predicted molar refractivity (Wildman–Crippen MR) is 134 cm³/mol. The smallest absolute Gasteiger partial charge is 0.336 e. The van der Waals surface area contributed by atoms with E-state index in [9.17, 15) is 14.4 Å². The highest BCUT2D eigenvalue weighted by Gasteiger charge is 2.47. The van der Waals surface area contributed by atoms with Gasteiger partial charge >= 0.3 is 11.9 Å². The molecule has 1 aliphatic carbocycles. The molecule has 0 fully saturated rings. The van der Waals surface area contributed by atoms with Gasteiger partial charge in [-0.05, 0) is 57.2 Å². The third-order valence-electron chi connectivity index (χ3n) is 6.42. The minimum absolute atomic E-state index is 0.0204. The molecule has 1 N–H and O–H groups in total. The van der Waals surface area contributed by atoms with Crippen LogP contribution in [0.1, 0.15) is 58.9 Å². The SMILES string of the molecule is CCCOc1ccc([C@H]2C(C(=O)OCCOC(C)C)=C(C)NC3=C2C(=O)[C@@H](C(=O)OC)[C@@H](C)C3)cc1. The fraction of sp³-hybridized carbons (Fsp3) is 0.536. The molecule has 1 aliphatic heterocycles. The molecule has 0 unspecified atom stereocenters. The van der Waals surface area contributed by atoms with Crippen molar-refractivity contribution >= 4 is 17.7 Å². The molecule has 0 bridgehead atoms. The van der Waals surface area contributed by atoms with E-state index in [-0.39, 0.29) is 31.0 Å². The van der Waals surface area contributed by atoms with Gasteiger partial charge in [0.15, 0.2) is 5.78 Å². The van der Waals surface area contributed by atoms with Crippen LogP contribution in [-0.2, 0) is 28.6 Å². The Kier molecular flexibility index (Phi) is 9.31. The second-order valence-corrected chi connectivity index (χ2v) is 9.51. The van der Waals surface area contributed by atoms with Crippen molar-refractivity contribution in [2.75, 3.05) is 26.9 Å². The Bertz CT molecular complexity index is 1040. The van der Waals surface area contributed by atoms with Gasteiger partial charge in [-0.25, -0.2) is 4.79 Å². The van der Waals surface area contributed by atoms with Gasteiger partial charge in [0, 0.05) is 22.9 Å². The van der Waals surface area contributed by atoms with Crippen LogP contribution >= 0.6 is 0 Å². The van der Waals surface area contributed by atoms with Gasteiger partial charge in [-0.3, -0.25) is 9.59 Å². The number of hydrogen-bond donors (Lipinski definition) is 1. The number of ketones is 1. The predicted octanol–water partition coefficient (Wildman–Crippen LogP) is 4.06. The van der Waals surface area contributed by atoms with Crippen molar-refractivity contribution in [2.24, 2.45) is 11.8 Å². The van der Waals surface area contributed by atoms with E-state index >= 15 is 0 Å². The van der Waals surface area contributed by atoms with Crippen LogP contribution in [0.25, 0.3) is 0 Å². The Labute approximate surface area is 213 Å². The molecule has 0 saturated carbocycles. The summed E-state index contributed by atoms with van der Waals surface area (Å²) in [5, 5.41) is 3.26. The zero-order chi connectivity index (χ0) is 26.4. The number of carbonyl (C=O) groups is 3. The molecular weight excluding hydrogens is 462 g/mol. The first-order chi connectivity index (χ1) is 17.2. The average molecular weight is 500 g/mol. The summed E-state index contributed by atoms with van der Waals surface area (Å²) in [6, 6.07) is 7.37. The van der Waals surface area contributed by atoms with Crippen LogP contribution in [0.15, 0.2) is 46.8 Å². The van der Waals surface area contributed by atoms with Crippen molar-refractivity contribution in [3.05, 3.63) is 52.4 Å². The van der Waals surface area contributed by atoms with Crippen molar-refractivity contribution < 1.29 is 33.3 Å². The molecule has 8 heteroatoms. The highest BCUT2D eigenvalue weighted by molar-refractivity contribution is 6.12. The normalized spacial score (nSPS) is 21.8. The summed E-state index contributed by atoms with van der Waals surface area (Å²) < 4.78 is 21.7. The molecule has 36 heavy (non-hydrogen) atoms. The lowest BCUT2D eigenvalue weighted by Crippen LogP contribution is -2.43. The van der Waals surface area contributed by atoms with Crippen molar-refractivity contribution in [1.82, 2.24) is 5.32 Å². The molecule has 1 aromatic rings. The number of esters is 2. The highest BCUT2D eigenvalue weighted by atomic mass is 16.6. The van der Waals surface area contributed by atoms with E-state index in [1.165, 1.54) is 7.11 Å². The number of ether oxygens (including phenoxy) is 4. The van der Waals surface area contributed by atoms with E-state index in [0.717, 1.165) is 17.7 Å². The van der Waals surface area contributed by atoms with E-state index in [1.807, 2.05) is 52.0 Å². The van der Waals surface area contributed by atoms with Crippen LogP contribution in [-0.4, -0.2) is 50.8 Å². The summed E-state index contributed by atoms with van der Waals surface area (Å²) in [6.07, 6.45) is 1.38. The van der Waals surface area contributed by atoms with Gasteiger partial charge in [0.2, 0.25) is 0 Å². The minimum Gasteiger partial charge on any atom is -0.494 e. The number of nitrogens with one attached hydrogen (secondary N) is 1. The molecule has 0 saturated heterocycles. The maximum atomic E-state index is 13.8. The monoisotopic (exact) mass is 499 g/mol. The Morgan fingerprint density at radius 1 is 1.11 bits per heavy atom. The van der Waals surface area contributed by atoms with Gasteiger partial charge in [0.05, 0.1) is 32.0 Å². The van der Waals surface area contributed by atoms with Gasteiger partial charge in [0.1, 0.15) is 18.3 Å². The molecule has 0 spiro atoms. The van der Waals surface area contributed by atoms with Crippen LogP contribution in [0.2, 0.25) is 0 Å². The van der Waals surface area contributed by atoms with Crippen LogP contribution in [0, 0.1) is 11.8 Å². The Balaban J connectivity index is 2.01. The van der Waals surface area contributed by atoms with E-state index in [4.69, 9.17) is 18.9 Å². The van der Waals surface area contributed by atoms with Crippen LogP contribution in [0.3, 0.4) is 0 Å². The van der Waals surface area contributed by atoms with Gasteiger partial charge in [-0.15, -0.1) is 0 Å². The lowest BCUT2D eigenvalue weighted by molar-refractivity contribution is -0.151. The Hall–Kier alpha value is -3.13. The van der Waals surface area contributed by atoms with E-state index in [1.54, 1.807) is 6.92 Å². The molecule has 0 aromatic heterocycles. The summed E-state index contributed by atoms with van der Waals surface area (Å²) in [5.74, 6) is -2.59. The number of rotatable bonds is 10. The van der Waals surface area contributed by atoms with Gasteiger partial charge < -0.3 is 24.3 Å². The first kappa shape index (κ1) is 27.5.